The van der Waals surface area contributed by atoms with Gasteiger partial charge >= 0.3 is 0 Å². The third-order valence-corrected chi connectivity index (χ3v) is 5.17. The van der Waals surface area contributed by atoms with Crippen LogP contribution in [0.2, 0.25) is 0 Å². The average molecular weight is 235 g/mol. The van der Waals surface area contributed by atoms with Crippen LogP contribution in [0, 0.1) is 0 Å². The first-order valence-electron chi connectivity index (χ1n) is 5.54. The van der Waals surface area contributed by atoms with Gasteiger partial charge in [0.15, 0.2) is 0 Å². The second-order valence-electron chi connectivity index (χ2n) is 3.73. The number of nitrogens with zero attached hydrogens (tertiary/aromatic N) is 2. The molecule has 1 saturated heterocycles. The minimum atomic E-state index is -3.28. The standard InChI is InChI=1S/C9H21N3O2S/c1-3-11(4-2)15(13,14)12-7-5-6-9(12)8-10/h9H,3-8,10H2,1-2H3. The zero-order chi connectivity index (χ0) is 11.5. The molecule has 1 unspecified atom stereocenters. The molecule has 1 rings (SSSR count). The van der Waals surface area contributed by atoms with Crippen molar-refractivity contribution in [3.8, 4) is 0 Å². The second kappa shape index (κ2) is 5.25. The Bertz CT molecular complexity index is 288. The van der Waals surface area contributed by atoms with Crippen LogP contribution < -0.4 is 5.73 Å². The Hall–Kier alpha value is -0.170. The minimum absolute atomic E-state index is 0.00407. The van der Waals surface area contributed by atoms with Crippen LogP contribution in [0.4, 0.5) is 0 Å². The van der Waals surface area contributed by atoms with Gasteiger partial charge < -0.3 is 5.73 Å². The van der Waals surface area contributed by atoms with Crippen molar-refractivity contribution in [3.05, 3.63) is 0 Å². The first-order valence-corrected chi connectivity index (χ1v) is 6.94. The van der Waals surface area contributed by atoms with E-state index in [-0.39, 0.29) is 6.04 Å². The fourth-order valence-corrected chi connectivity index (χ4v) is 3.92. The quantitative estimate of drug-likeness (QED) is 0.729. The van der Waals surface area contributed by atoms with E-state index in [4.69, 9.17) is 5.73 Å². The van der Waals surface area contributed by atoms with Gasteiger partial charge in [-0.25, -0.2) is 0 Å². The molecule has 0 aromatic carbocycles. The predicted molar refractivity (Wildman–Crippen MR) is 60.6 cm³/mol. The predicted octanol–water partition coefficient (Wildman–Crippen LogP) is -0.00390. The van der Waals surface area contributed by atoms with Gasteiger partial charge in [0.1, 0.15) is 0 Å². The van der Waals surface area contributed by atoms with Crippen molar-refractivity contribution in [3.63, 3.8) is 0 Å². The van der Waals surface area contributed by atoms with Crippen LogP contribution in [0.25, 0.3) is 0 Å². The molecular formula is C9H21N3O2S. The molecule has 0 aromatic heterocycles. The molecule has 2 N–H and O–H groups in total. The summed E-state index contributed by atoms with van der Waals surface area (Å²) in [6.07, 6.45) is 1.80. The molecule has 1 aliphatic rings. The molecule has 0 spiro atoms. The Morgan fingerprint density at radius 2 is 2.00 bits per heavy atom. The van der Waals surface area contributed by atoms with Crippen molar-refractivity contribution in [2.24, 2.45) is 5.73 Å². The lowest BCUT2D eigenvalue weighted by atomic mass is 10.2. The van der Waals surface area contributed by atoms with Gasteiger partial charge in [0, 0.05) is 32.2 Å². The molecule has 0 amide bonds. The average Bonchev–Trinajstić information content (AvgIpc) is 2.67. The van der Waals surface area contributed by atoms with Gasteiger partial charge in [-0.05, 0) is 12.8 Å². The second-order valence-corrected chi connectivity index (χ2v) is 5.62. The van der Waals surface area contributed by atoms with E-state index in [1.165, 1.54) is 4.31 Å². The molecule has 1 aliphatic heterocycles. The Kier molecular flexibility index (Phi) is 4.51. The highest BCUT2D eigenvalue weighted by atomic mass is 32.2. The molecule has 6 heteroatoms. The molecule has 1 fully saturated rings. The highest BCUT2D eigenvalue weighted by Gasteiger charge is 2.36. The van der Waals surface area contributed by atoms with Crippen LogP contribution in [0.1, 0.15) is 26.7 Å². The van der Waals surface area contributed by atoms with Gasteiger partial charge in [-0.1, -0.05) is 13.8 Å². The fourth-order valence-electron chi connectivity index (χ4n) is 2.05. The molecular weight excluding hydrogens is 214 g/mol. The fraction of sp³-hybridized carbons (Fsp3) is 1.00. The Labute approximate surface area is 92.4 Å². The Balaban J connectivity index is 2.84. The minimum Gasteiger partial charge on any atom is -0.329 e. The molecule has 90 valence electrons. The SMILES string of the molecule is CCN(CC)S(=O)(=O)N1CCCC1CN. The third-order valence-electron chi connectivity index (χ3n) is 2.92. The van der Waals surface area contributed by atoms with E-state index >= 15 is 0 Å². The lowest BCUT2D eigenvalue weighted by Gasteiger charge is -2.29. The van der Waals surface area contributed by atoms with E-state index in [0.717, 1.165) is 12.8 Å². The van der Waals surface area contributed by atoms with Crippen molar-refractivity contribution in [2.45, 2.75) is 32.7 Å². The van der Waals surface area contributed by atoms with E-state index in [9.17, 15) is 8.42 Å². The lowest BCUT2D eigenvalue weighted by molar-refractivity contribution is 0.337. The van der Waals surface area contributed by atoms with Gasteiger partial charge in [-0.2, -0.15) is 17.0 Å². The molecule has 15 heavy (non-hydrogen) atoms. The van der Waals surface area contributed by atoms with Crippen LogP contribution in [-0.2, 0) is 10.2 Å². The number of rotatable bonds is 5. The number of hydrogen-bond donors (Lipinski definition) is 1. The summed E-state index contributed by atoms with van der Waals surface area (Å²) in [6.45, 7) is 5.78. The summed E-state index contributed by atoms with van der Waals surface area (Å²) in [5.41, 5.74) is 5.58. The van der Waals surface area contributed by atoms with Crippen LogP contribution >= 0.6 is 0 Å². The van der Waals surface area contributed by atoms with Crippen molar-refractivity contribution >= 4 is 10.2 Å². The highest BCUT2D eigenvalue weighted by Crippen LogP contribution is 2.22. The van der Waals surface area contributed by atoms with Gasteiger partial charge in [-0.15, -0.1) is 0 Å². The summed E-state index contributed by atoms with van der Waals surface area (Å²) >= 11 is 0. The summed E-state index contributed by atoms with van der Waals surface area (Å²) in [7, 11) is -3.28. The molecule has 0 aromatic rings. The molecule has 0 radical (unpaired) electrons. The van der Waals surface area contributed by atoms with Crippen LogP contribution in [0.5, 0.6) is 0 Å². The first kappa shape index (κ1) is 12.9. The molecule has 0 bridgehead atoms. The summed E-state index contributed by atoms with van der Waals surface area (Å²) in [5.74, 6) is 0. The molecule has 5 nitrogen and oxygen atoms in total. The largest absolute Gasteiger partial charge is 0.329 e. The lowest BCUT2D eigenvalue weighted by Crippen LogP contribution is -2.47. The summed E-state index contributed by atoms with van der Waals surface area (Å²) in [5, 5.41) is 0. The van der Waals surface area contributed by atoms with E-state index in [2.05, 4.69) is 0 Å². The Morgan fingerprint density at radius 3 is 2.47 bits per heavy atom. The van der Waals surface area contributed by atoms with Gasteiger partial charge in [-0.3, -0.25) is 0 Å². The van der Waals surface area contributed by atoms with Gasteiger partial charge in [0.05, 0.1) is 0 Å². The van der Waals surface area contributed by atoms with Crippen LogP contribution in [0.3, 0.4) is 0 Å². The molecule has 1 heterocycles. The van der Waals surface area contributed by atoms with Crippen LogP contribution in [-0.4, -0.2) is 49.2 Å². The van der Waals surface area contributed by atoms with Crippen molar-refractivity contribution in [2.75, 3.05) is 26.2 Å². The summed E-state index contributed by atoms with van der Waals surface area (Å²) in [6, 6.07) is -0.00407. The summed E-state index contributed by atoms with van der Waals surface area (Å²) < 4.78 is 27.4. The van der Waals surface area contributed by atoms with Crippen molar-refractivity contribution in [1.82, 2.24) is 8.61 Å². The third kappa shape index (κ3) is 2.50. The van der Waals surface area contributed by atoms with Crippen molar-refractivity contribution in [1.29, 1.82) is 0 Å². The first-order chi connectivity index (χ1) is 7.07. The number of hydrogen-bond acceptors (Lipinski definition) is 3. The summed E-state index contributed by atoms with van der Waals surface area (Å²) in [4.78, 5) is 0. The topological polar surface area (TPSA) is 66.6 Å². The zero-order valence-electron chi connectivity index (χ0n) is 9.52. The van der Waals surface area contributed by atoms with Crippen molar-refractivity contribution < 1.29 is 8.42 Å². The molecule has 0 aliphatic carbocycles. The normalized spacial score (nSPS) is 23.9. The van der Waals surface area contributed by atoms with E-state index < -0.39 is 10.2 Å². The maximum atomic E-state index is 12.2. The zero-order valence-corrected chi connectivity index (χ0v) is 10.3. The maximum Gasteiger partial charge on any atom is 0.282 e. The van der Waals surface area contributed by atoms with Crippen LogP contribution in [0.15, 0.2) is 0 Å². The monoisotopic (exact) mass is 235 g/mol. The number of nitrogens with two attached hydrogens (primary N) is 1. The smallest absolute Gasteiger partial charge is 0.282 e. The highest BCUT2D eigenvalue weighted by molar-refractivity contribution is 7.86. The maximum absolute atomic E-state index is 12.2. The van der Waals surface area contributed by atoms with Gasteiger partial charge in [0.2, 0.25) is 0 Å². The van der Waals surface area contributed by atoms with E-state index in [1.807, 2.05) is 13.8 Å². The Morgan fingerprint density at radius 1 is 1.40 bits per heavy atom. The van der Waals surface area contributed by atoms with Gasteiger partial charge in [0.25, 0.3) is 10.2 Å². The molecule has 1 atom stereocenters. The van der Waals surface area contributed by atoms with E-state index in [1.54, 1.807) is 4.31 Å². The van der Waals surface area contributed by atoms with E-state index in [0.29, 0.717) is 26.2 Å². The molecule has 0 saturated carbocycles.